The fourth-order valence-electron chi connectivity index (χ4n) is 4.59. The molecule has 0 unspecified atom stereocenters. The first-order valence-electron chi connectivity index (χ1n) is 11.0. The highest BCUT2D eigenvalue weighted by Gasteiger charge is 2.33. The van der Waals surface area contributed by atoms with E-state index in [-0.39, 0.29) is 5.60 Å². The molecule has 2 aromatic carbocycles. The van der Waals surface area contributed by atoms with E-state index in [1.165, 1.54) is 16.7 Å². The summed E-state index contributed by atoms with van der Waals surface area (Å²) in [5, 5.41) is 3.63. The zero-order valence-electron chi connectivity index (χ0n) is 19.2. The number of ether oxygens (including phenoxy) is 3. The van der Waals surface area contributed by atoms with E-state index in [0.29, 0.717) is 11.8 Å². The predicted octanol–water partition coefficient (Wildman–Crippen LogP) is 5.48. The zero-order chi connectivity index (χ0) is 21.6. The zero-order valence-corrected chi connectivity index (χ0v) is 19.2. The summed E-state index contributed by atoms with van der Waals surface area (Å²) in [4.78, 5) is 0. The molecule has 0 bridgehead atoms. The Morgan fingerprint density at radius 1 is 1.07 bits per heavy atom. The lowest BCUT2D eigenvalue weighted by molar-refractivity contribution is -0.0771. The third-order valence-electron chi connectivity index (χ3n) is 6.22. The topological polar surface area (TPSA) is 39.7 Å². The molecule has 30 heavy (non-hydrogen) atoms. The molecule has 4 nitrogen and oxygen atoms in total. The summed E-state index contributed by atoms with van der Waals surface area (Å²) in [5.41, 5.74) is 3.94. The molecule has 1 fully saturated rings. The van der Waals surface area contributed by atoms with E-state index in [1.807, 2.05) is 12.1 Å². The van der Waals surface area contributed by atoms with Gasteiger partial charge in [0.15, 0.2) is 11.5 Å². The molecule has 1 heterocycles. The third kappa shape index (κ3) is 5.99. The van der Waals surface area contributed by atoms with Crippen molar-refractivity contribution in [2.75, 3.05) is 27.4 Å². The second-order valence-corrected chi connectivity index (χ2v) is 9.03. The van der Waals surface area contributed by atoms with Crippen LogP contribution in [0.5, 0.6) is 11.5 Å². The first kappa shape index (κ1) is 22.6. The number of aryl methyl sites for hydroxylation is 1. The van der Waals surface area contributed by atoms with Crippen molar-refractivity contribution >= 4 is 0 Å². The normalized spacial score (nSPS) is 19.3. The summed E-state index contributed by atoms with van der Waals surface area (Å²) in [7, 11) is 3.34. The van der Waals surface area contributed by atoms with Crippen molar-refractivity contribution in [1.82, 2.24) is 5.32 Å². The van der Waals surface area contributed by atoms with Gasteiger partial charge in [-0.1, -0.05) is 35.9 Å². The van der Waals surface area contributed by atoms with Gasteiger partial charge in [0.25, 0.3) is 0 Å². The van der Waals surface area contributed by atoms with Gasteiger partial charge in [0.05, 0.1) is 19.8 Å². The second-order valence-electron chi connectivity index (χ2n) is 9.03. The summed E-state index contributed by atoms with van der Waals surface area (Å²) in [6.07, 6.45) is 3.37. The van der Waals surface area contributed by atoms with Gasteiger partial charge in [-0.25, -0.2) is 0 Å². The summed E-state index contributed by atoms with van der Waals surface area (Å²) >= 11 is 0. The molecule has 2 aromatic rings. The van der Waals surface area contributed by atoms with E-state index < -0.39 is 0 Å². The molecule has 2 atom stereocenters. The van der Waals surface area contributed by atoms with Crippen molar-refractivity contribution < 1.29 is 14.2 Å². The number of rotatable bonds is 9. The molecule has 0 radical (unpaired) electrons. The van der Waals surface area contributed by atoms with Gasteiger partial charge in [-0.2, -0.15) is 0 Å². The third-order valence-corrected chi connectivity index (χ3v) is 6.22. The standard InChI is InChI=1S/C26H37NO3/c1-19-6-9-21(10-7-19)23(22-13-15-30-26(2,3)17-22)12-14-27-18-20-8-11-24(28-4)25(16-20)29-5/h6-11,16,22-23,27H,12-15,17-18H2,1-5H3/t22-,23-/m1/s1. The fraction of sp³-hybridized carbons (Fsp3) is 0.538. The minimum absolute atomic E-state index is 0.0288. The van der Waals surface area contributed by atoms with E-state index in [1.54, 1.807) is 14.2 Å². The van der Waals surface area contributed by atoms with E-state index >= 15 is 0 Å². The Bertz CT molecular complexity index is 800. The Kier molecular flexibility index (Phi) is 7.79. The van der Waals surface area contributed by atoms with E-state index in [0.717, 1.165) is 50.5 Å². The molecule has 1 saturated heterocycles. The smallest absolute Gasteiger partial charge is 0.161 e. The minimum atomic E-state index is -0.0288. The molecular formula is C26H37NO3. The largest absolute Gasteiger partial charge is 0.493 e. The molecule has 0 aromatic heterocycles. The molecule has 164 valence electrons. The first-order chi connectivity index (χ1) is 14.4. The van der Waals surface area contributed by atoms with E-state index in [4.69, 9.17) is 14.2 Å². The van der Waals surface area contributed by atoms with Gasteiger partial charge in [-0.3, -0.25) is 0 Å². The minimum Gasteiger partial charge on any atom is -0.493 e. The number of hydrogen-bond donors (Lipinski definition) is 1. The first-order valence-corrected chi connectivity index (χ1v) is 11.0. The van der Waals surface area contributed by atoms with Crippen LogP contribution in [0, 0.1) is 12.8 Å². The van der Waals surface area contributed by atoms with Crippen molar-refractivity contribution in [2.24, 2.45) is 5.92 Å². The Labute approximate surface area is 181 Å². The number of benzene rings is 2. The number of methoxy groups -OCH3 is 2. The lowest BCUT2D eigenvalue weighted by Gasteiger charge is -2.39. The van der Waals surface area contributed by atoms with Gasteiger partial charge in [0.1, 0.15) is 0 Å². The van der Waals surface area contributed by atoms with Crippen molar-refractivity contribution in [2.45, 2.75) is 58.1 Å². The van der Waals surface area contributed by atoms with Crippen LogP contribution in [-0.2, 0) is 11.3 Å². The lowest BCUT2D eigenvalue weighted by atomic mass is 9.75. The van der Waals surface area contributed by atoms with Crippen LogP contribution in [0.4, 0.5) is 0 Å². The Hall–Kier alpha value is -2.04. The molecule has 1 N–H and O–H groups in total. The SMILES string of the molecule is COc1ccc(CNCC[C@H](c2ccc(C)cc2)[C@@H]2CCOC(C)(C)C2)cc1OC. The van der Waals surface area contributed by atoms with E-state index in [2.05, 4.69) is 56.4 Å². The molecule has 0 saturated carbocycles. The fourth-order valence-corrected chi connectivity index (χ4v) is 4.59. The maximum atomic E-state index is 5.99. The molecule has 0 spiro atoms. The molecule has 0 aliphatic carbocycles. The highest BCUT2D eigenvalue weighted by Crippen LogP contribution is 2.40. The molecule has 1 aliphatic heterocycles. The maximum absolute atomic E-state index is 5.99. The maximum Gasteiger partial charge on any atom is 0.161 e. The van der Waals surface area contributed by atoms with Crippen LogP contribution in [-0.4, -0.2) is 33.0 Å². The number of hydrogen-bond acceptors (Lipinski definition) is 4. The van der Waals surface area contributed by atoms with Crippen LogP contribution in [0.3, 0.4) is 0 Å². The van der Waals surface area contributed by atoms with Crippen LogP contribution in [0.15, 0.2) is 42.5 Å². The van der Waals surface area contributed by atoms with Crippen molar-refractivity contribution in [1.29, 1.82) is 0 Å². The van der Waals surface area contributed by atoms with Gasteiger partial charge >= 0.3 is 0 Å². The van der Waals surface area contributed by atoms with Gasteiger partial charge in [0, 0.05) is 13.2 Å². The summed E-state index contributed by atoms with van der Waals surface area (Å²) < 4.78 is 16.7. The average Bonchev–Trinajstić information content (AvgIpc) is 2.73. The van der Waals surface area contributed by atoms with Crippen LogP contribution in [0.25, 0.3) is 0 Å². The monoisotopic (exact) mass is 411 g/mol. The summed E-state index contributed by atoms with van der Waals surface area (Å²) in [6.45, 7) is 9.26. The molecule has 4 heteroatoms. The lowest BCUT2D eigenvalue weighted by Crippen LogP contribution is -2.36. The average molecular weight is 412 g/mol. The Morgan fingerprint density at radius 2 is 1.80 bits per heavy atom. The predicted molar refractivity (Wildman–Crippen MR) is 123 cm³/mol. The highest BCUT2D eigenvalue weighted by molar-refractivity contribution is 5.42. The molecular weight excluding hydrogens is 374 g/mol. The van der Waals surface area contributed by atoms with Gasteiger partial charge < -0.3 is 19.5 Å². The van der Waals surface area contributed by atoms with Gasteiger partial charge in [-0.15, -0.1) is 0 Å². The van der Waals surface area contributed by atoms with E-state index in [9.17, 15) is 0 Å². The van der Waals surface area contributed by atoms with Gasteiger partial charge in [0.2, 0.25) is 0 Å². The quantitative estimate of drug-likeness (QED) is 0.555. The highest BCUT2D eigenvalue weighted by atomic mass is 16.5. The van der Waals surface area contributed by atoms with Crippen molar-refractivity contribution in [3.63, 3.8) is 0 Å². The van der Waals surface area contributed by atoms with Crippen LogP contribution < -0.4 is 14.8 Å². The second kappa shape index (κ2) is 10.3. The molecule has 0 amide bonds. The van der Waals surface area contributed by atoms with Crippen LogP contribution >= 0.6 is 0 Å². The number of nitrogens with one attached hydrogen (secondary N) is 1. The van der Waals surface area contributed by atoms with Crippen molar-refractivity contribution in [3.8, 4) is 11.5 Å². The van der Waals surface area contributed by atoms with Crippen molar-refractivity contribution in [3.05, 3.63) is 59.2 Å². The molecule has 3 rings (SSSR count). The molecule has 1 aliphatic rings. The van der Waals surface area contributed by atoms with Crippen LogP contribution in [0.1, 0.15) is 55.7 Å². The summed E-state index contributed by atoms with van der Waals surface area (Å²) in [5.74, 6) is 2.74. The van der Waals surface area contributed by atoms with Crippen LogP contribution in [0.2, 0.25) is 0 Å². The Morgan fingerprint density at radius 3 is 2.47 bits per heavy atom. The van der Waals surface area contributed by atoms with Gasteiger partial charge in [-0.05, 0) is 81.7 Å². The Balaban J connectivity index is 1.63. The summed E-state index contributed by atoms with van der Waals surface area (Å²) in [6, 6.07) is 15.2.